The Hall–Kier alpha value is -3.14. The maximum atomic E-state index is 12.3. The largest absolute Gasteiger partial charge is 0.455 e. The van der Waals surface area contributed by atoms with E-state index in [1.54, 1.807) is 0 Å². The topological polar surface area (TPSA) is 55.4 Å². The van der Waals surface area contributed by atoms with E-state index >= 15 is 0 Å². The summed E-state index contributed by atoms with van der Waals surface area (Å²) in [6.07, 6.45) is 1.92. The molecule has 0 radical (unpaired) electrons. The summed E-state index contributed by atoms with van der Waals surface area (Å²) in [5, 5.41) is 5.07. The molecule has 144 valence electrons. The van der Waals surface area contributed by atoms with Crippen molar-refractivity contribution in [3.8, 4) is 0 Å². The minimum atomic E-state index is -0.404. The molecule has 0 aliphatic carbocycles. The second-order valence-electron chi connectivity index (χ2n) is 6.80. The van der Waals surface area contributed by atoms with Crippen LogP contribution in [-0.4, -0.2) is 18.5 Å². The summed E-state index contributed by atoms with van der Waals surface area (Å²) < 4.78 is 5.22. The van der Waals surface area contributed by atoms with E-state index in [2.05, 4.69) is 12.2 Å². The number of carbonyl (C=O) groups excluding carboxylic acids is 2. The van der Waals surface area contributed by atoms with Crippen molar-refractivity contribution in [3.63, 3.8) is 0 Å². The highest BCUT2D eigenvalue weighted by Gasteiger charge is 2.15. The van der Waals surface area contributed by atoms with Gasteiger partial charge in [0.05, 0.1) is 12.5 Å². The molecule has 0 aromatic heterocycles. The molecule has 0 bridgehead atoms. The number of esters is 1. The third kappa shape index (κ3) is 5.19. The Balaban J connectivity index is 1.55. The zero-order valence-electron chi connectivity index (χ0n) is 16.1. The minimum Gasteiger partial charge on any atom is -0.455 e. The Bertz CT molecular complexity index is 931. The van der Waals surface area contributed by atoms with Crippen LogP contribution in [0.25, 0.3) is 10.8 Å². The number of hydrogen-bond donors (Lipinski definition) is 1. The van der Waals surface area contributed by atoms with Crippen molar-refractivity contribution in [1.82, 2.24) is 5.32 Å². The zero-order valence-corrected chi connectivity index (χ0v) is 16.1. The van der Waals surface area contributed by atoms with Crippen molar-refractivity contribution < 1.29 is 14.3 Å². The van der Waals surface area contributed by atoms with Crippen LogP contribution < -0.4 is 5.32 Å². The second-order valence-corrected chi connectivity index (χ2v) is 6.80. The average molecular weight is 375 g/mol. The highest BCUT2D eigenvalue weighted by molar-refractivity contribution is 5.89. The average Bonchev–Trinajstić information content (AvgIpc) is 2.73. The third-order valence-electron chi connectivity index (χ3n) is 4.69. The van der Waals surface area contributed by atoms with Gasteiger partial charge >= 0.3 is 5.97 Å². The van der Waals surface area contributed by atoms with Gasteiger partial charge in [0.15, 0.2) is 6.61 Å². The van der Waals surface area contributed by atoms with Crippen LogP contribution in [0.4, 0.5) is 0 Å². The predicted molar refractivity (Wildman–Crippen MR) is 111 cm³/mol. The van der Waals surface area contributed by atoms with Crippen molar-refractivity contribution in [1.29, 1.82) is 0 Å². The second kappa shape index (κ2) is 9.70. The van der Waals surface area contributed by atoms with E-state index in [1.165, 1.54) is 0 Å². The van der Waals surface area contributed by atoms with Gasteiger partial charge < -0.3 is 10.1 Å². The molecule has 1 atom stereocenters. The highest BCUT2D eigenvalue weighted by atomic mass is 16.5. The van der Waals surface area contributed by atoms with E-state index in [-0.39, 0.29) is 25.0 Å². The molecule has 28 heavy (non-hydrogen) atoms. The van der Waals surface area contributed by atoms with Crippen LogP contribution >= 0.6 is 0 Å². The standard InChI is InChI=1S/C24H25NO3/c1-2-9-22(19-11-4-3-5-12-19)25-23(26)17-28-24(27)16-20-14-8-13-18-10-6-7-15-21(18)20/h3-8,10-15,22H,2,9,16-17H2,1H3,(H,25,26)/t22-/m0/s1. The smallest absolute Gasteiger partial charge is 0.310 e. The van der Waals surface area contributed by atoms with Gasteiger partial charge in [0.2, 0.25) is 0 Å². The highest BCUT2D eigenvalue weighted by Crippen LogP contribution is 2.20. The Labute approximate surface area is 165 Å². The molecule has 0 saturated heterocycles. The van der Waals surface area contributed by atoms with Gasteiger partial charge in [-0.15, -0.1) is 0 Å². The summed E-state index contributed by atoms with van der Waals surface area (Å²) in [7, 11) is 0. The fourth-order valence-corrected chi connectivity index (χ4v) is 3.33. The first-order valence-electron chi connectivity index (χ1n) is 9.64. The normalized spacial score (nSPS) is 11.8. The van der Waals surface area contributed by atoms with Crippen molar-refractivity contribution in [2.75, 3.05) is 6.61 Å². The number of nitrogens with one attached hydrogen (secondary N) is 1. The van der Waals surface area contributed by atoms with Gasteiger partial charge in [-0.1, -0.05) is 86.1 Å². The van der Waals surface area contributed by atoms with Crippen LogP contribution in [-0.2, 0) is 20.7 Å². The van der Waals surface area contributed by atoms with Crippen molar-refractivity contribution in [2.24, 2.45) is 0 Å². The fraction of sp³-hybridized carbons (Fsp3) is 0.250. The van der Waals surface area contributed by atoms with Crippen LogP contribution in [0.15, 0.2) is 72.8 Å². The molecule has 3 rings (SSSR count). The molecule has 3 aromatic rings. The maximum Gasteiger partial charge on any atom is 0.310 e. The number of fused-ring (bicyclic) bond motifs is 1. The first kappa shape index (κ1) is 19.6. The first-order chi connectivity index (χ1) is 13.7. The van der Waals surface area contributed by atoms with Gasteiger partial charge in [0, 0.05) is 0 Å². The van der Waals surface area contributed by atoms with Crippen LogP contribution in [0.1, 0.15) is 36.9 Å². The zero-order chi connectivity index (χ0) is 19.8. The van der Waals surface area contributed by atoms with Gasteiger partial charge in [0.25, 0.3) is 5.91 Å². The van der Waals surface area contributed by atoms with Crippen molar-refractivity contribution in [2.45, 2.75) is 32.2 Å². The monoisotopic (exact) mass is 375 g/mol. The Kier molecular flexibility index (Phi) is 6.79. The molecular formula is C24H25NO3. The van der Waals surface area contributed by atoms with Crippen molar-refractivity contribution >= 4 is 22.6 Å². The summed E-state index contributed by atoms with van der Waals surface area (Å²) in [5.74, 6) is -0.688. The molecule has 0 heterocycles. The summed E-state index contributed by atoms with van der Waals surface area (Å²) in [4.78, 5) is 24.5. The van der Waals surface area contributed by atoms with Gasteiger partial charge in [-0.3, -0.25) is 9.59 Å². The molecule has 4 heteroatoms. The van der Waals surface area contributed by atoms with E-state index in [9.17, 15) is 9.59 Å². The predicted octanol–water partition coefficient (Wildman–Crippen LogP) is 4.58. The summed E-state index contributed by atoms with van der Waals surface area (Å²) >= 11 is 0. The van der Waals surface area contributed by atoms with E-state index in [0.717, 1.165) is 34.7 Å². The molecule has 1 N–H and O–H groups in total. The number of ether oxygens (including phenoxy) is 1. The lowest BCUT2D eigenvalue weighted by Crippen LogP contribution is -2.32. The lowest BCUT2D eigenvalue weighted by Gasteiger charge is -2.18. The van der Waals surface area contributed by atoms with Gasteiger partial charge in [-0.2, -0.15) is 0 Å². The molecule has 0 saturated carbocycles. The molecular weight excluding hydrogens is 350 g/mol. The summed E-state index contributed by atoms with van der Waals surface area (Å²) in [5.41, 5.74) is 1.96. The molecule has 0 fully saturated rings. The van der Waals surface area contributed by atoms with Gasteiger partial charge in [-0.05, 0) is 28.3 Å². The van der Waals surface area contributed by atoms with Gasteiger partial charge in [0.1, 0.15) is 0 Å². The Morgan fingerprint density at radius 3 is 2.43 bits per heavy atom. The van der Waals surface area contributed by atoms with Crippen molar-refractivity contribution in [3.05, 3.63) is 83.9 Å². The van der Waals surface area contributed by atoms with Crippen LogP contribution in [0.5, 0.6) is 0 Å². The Morgan fingerprint density at radius 1 is 0.929 bits per heavy atom. The summed E-state index contributed by atoms with van der Waals surface area (Å²) in [6, 6.07) is 23.5. The summed E-state index contributed by atoms with van der Waals surface area (Å²) in [6.45, 7) is 1.81. The van der Waals surface area contributed by atoms with E-state index in [4.69, 9.17) is 4.74 Å². The van der Waals surface area contributed by atoms with Gasteiger partial charge in [-0.25, -0.2) is 0 Å². The molecule has 3 aromatic carbocycles. The number of benzene rings is 3. The Morgan fingerprint density at radius 2 is 1.64 bits per heavy atom. The molecule has 0 aliphatic rings. The number of hydrogen-bond acceptors (Lipinski definition) is 3. The lowest BCUT2D eigenvalue weighted by atomic mass is 10.0. The van der Waals surface area contributed by atoms with E-state index in [1.807, 2.05) is 72.8 Å². The van der Waals surface area contributed by atoms with Crippen LogP contribution in [0.3, 0.4) is 0 Å². The van der Waals surface area contributed by atoms with E-state index < -0.39 is 5.97 Å². The fourth-order valence-electron chi connectivity index (χ4n) is 3.33. The SMILES string of the molecule is CCC[C@H](NC(=O)COC(=O)Cc1cccc2ccccc12)c1ccccc1. The molecule has 0 spiro atoms. The van der Waals surface area contributed by atoms with E-state index in [0.29, 0.717) is 0 Å². The maximum absolute atomic E-state index is 12.3. The number of carbonyl (C=O) groups is 2. The molecule has 0 aliphatic heterocycles. The molecule has 1 amide bonds. The number of amides is 1. The molecule has 0 unspecified atom stereocenters. The molecule has 4 nitrogen and oxygen atoms in total. The van der Waals surface area contributed by atoms with Crippen LogP contribution in [0, 0.1) is 0 Å². The quantitative estimate of drug-likeness (QED) is 0.586. The number of rotatable bonds is 8. The third-order valence-corrected chi connectivity index (χ3v) is 4.69. The van der Waals surface area contributed by atoms with Crippen LogP contribution in [0.2, 0.25) is 0 Å². The first-order valence-corrected chi connectivity index (χ1v) is 9.64. The lowest BCUT2D eigenvalue weighted by molar-refractivity contribution is -0.148. The minimum absolute atomic E-state index is 0.0736.